The molecule has 6 nitrogen and oxygen atoms in total. The van der Waals surface area contributed by atoms with Crippen molar-refractivity contribution in [3.8, 4) is 11.4 Å². The average molecular weight is 280 g/mol. The molecule has 0 saturated heterocycles. The maximum Gasteiger partial charge on any atom is 0.335 e. The monoisotopic (exact) mass is 280 g/mol. The van der Waals surface area contributed by atoms with E-state index in [0.717, 1.165) is 11.1 Å². The Hall–Kier alpha value is -3.02. The molecule has 0 atom stereocenters. The van der Waals surface area contributed by atoms with Crippen molar-refractivity contribution in [3.63, 3.8) is 0 Å². The minimum absolute atomic E-state index is 0.263. The van der Waals surface area contributed by atoms with Gasteiger partial charge in [0.15, 0.2) is 5.82 Å². The fraction of sp³-hybridized carbons (Fsp3) is 0.0667. The van der Waals surface area contributed by atoms with E-state index in [4.69, 9.17) is 5.11 Å². The van der Waals surface area contributed by atoms with E-state index < -0.39 is 5.97 Å². The number of aromatic carboxylic acids is 1. The largest absolute Gasteiger partial charge is 0.478 e. The van der Waals surface area contributed by atoms with Crippen LogP contribution in [-0.2, 0) is 6.54 Å². The van der Waals surface area contributed by atoms with Crippen LogP contribution < -0.4 is 0 Å². The predicted molar refractivity (Wildman–Crippen MR) is 75.8 cm³/mol. The highest BCUT2D eigenvalue weighted by Crippen LogP contribution is 2.16. The molecule has 0 aliphatic carbocycles. The summed E-state index contributed by atoms with van der Waals surface area (Å²) in [4.78, 5) is 10.8. The van der Waals surface area contributed by atoms with Crippen LogP contribution in [0.4, 0.5) is 0 Å². The Morgan fingerprint density at radius 2 is 1.76 bits per heavy atom. The lowest BCUT2D eigenvalue weighted by Crippen LogP contribution is -2.05. The van der Waals surface area contributed by atoms with Crippen LogP contribution in [0, 0.1) is 0 Å². The lowest BCUT2D eigenvalue weighted by atomic mass is 10.1. The quantitative estimate of drug-likeness (QED) is 0.791. The molecule has 1 heterocycles. The predicted octanol–water partition coefficient (Wildman–Crippen LogP) is 2.09. The number of nitrogens with zero attached hydrogens (tertiary/aromatic N) is 4. The molecule has 3 rings (SSSR count). The molecule has 104 valence electrons. The van der Waals surface area contributed by atoms with Crippen LogP contribution in [0.25, 0.3) is 11.4 Å². The van der Waals surface area contributed by atoms with Gasteiger partial charge in [-0.3, -0.25) is 0 Å². The van der Waals surface area contributed by atoms with Gasteiger partial charge in [0, 0.05) is 5.56 Å². The zero-order valence-corrected chi connectivity index (χ0v) is 11.0. The lowest BCUT2D eigenvalue weighted by molar-refractivity contribution is 0.0697. The van der Waals surface area contributed by atoms with Crippen molar-refractivity contribution in [2.45, 2.75) is 6.54 Å². The summed E-state index contributed by atoms with van der Waals surface area (Å²) in [6.45, 7) is 0.483. The van der Waals surface area contributed by atoms with Crippen LogP contribution in [0.1, 0.15) is 15.9 Å². The summed E-state index contributed by atoms with van der Waals surface area (Å²) < 4.78 is 1.69. The fourth-order valence-electron chi connectivity index (χ4n) is 2.03. The average Bonchev–Trinajstić information content (AvgIpc) is 2.97. The van der Waals surface area contributed by atoms with Crippen molar-refractivity contribution < 1.29 is 9.90 Å². The SMILES string of the molecule is O=C(O)c1ccc(Cn2nnnc2-c2ccccc2)cc1. The highest BCUT2D eigenvalue weighted by molar-refractivity contribution is 5.87. The Labute approximate surface area is 120 Å². The molecule has 0 aliphatic rings. The van der Waals surface area contributed by atoms with Crippen LogP contribution in [-0.4, -0.2) is 31.3 Å². The molecule has 2 aromatic carbocycles. The molecule has 0 spiro atoms. The first-order chi connectivity index (χ1) is 10.2. The van der Waals surface area contributed by atoms with Gasteiger partial charge in [0.25, 0.3) is 0 Å². The summed E-state index contributed by atoms with van der Waals surface area (Å²) in [7, 11) is 0. The topological polar surface area (TPSA) is 80.9 Å². The molecule has 0 unspecified atom stereocenters. The molecule has 3 aromatic rings. The van der Waals surface area contributed by atoms with Gasteiger partial charge in [0.2, 0.25) is 0 Å². The Morgan fingerprint density at radius 1 is 1.05 bits per heavy atom. The normalized spacial score (nSPS) is 10.5. The molecule has 1 N–H and O–H groups in total. The van der Waals surface area contributed by atoms with Crippen molar-refractivity contribution in [2.24, 2.45) is 0 Å². The number of carbonyl (C=O) groups is 1. The van der Waals surface area contributed by atoms with Gasteiger partial charge in [-0.1, -0.05) is 42.5 Å². The molecule has 21 heavy (non-hydrogen) atoms. The minimum atomic E-state index is -0.936. The first kappa shape index (κ1) is 13.0. The van der Waals surface area contributed by atoms with Gasteiger partial charge < -0.3 is 5.11 Å². The van der Waals surface area contributed by atoms with E-state index in [1.807, 2.05) is 30.3 Å². The van der Waals surface area contributed by atoms with E-state index in [9.17, 15) is 4.79 Å². The third-order valence-corrected chi connectivity index (χ3v) is 3.10. The summed E-state index contributed by atoms with van der Waals surface area (Å²) in [5.74, 6) is -0.258. The number of aromatic nitrogens is 4. The zero-order chi connectivity index (χ0) is 14.7. The summed E-state index contributed by atoms with van der Waals surface area (Å²) >= 11 is 0. The second-order valence-corrected chi connectivity index (χ2v) is 4.53. The van der Waals surface area contributed by atoms with Gasteiger partial charge in [0.1, 0.15) is 0 Å². The lowest BCUT2D eigenvalue weighted by Gasteiger charge is -2.05. The van der Waals surface area contributed by atoms with Crippen LogP contribution in [0.5, 0.6) is 0 Å². The number of rotatable bonds is 4. The maximum absolute atomic E-state index is 10.8. The van der Waals surface area contributed by atoms with Crippen molar-refractivity contribution >= 4 is 5.97 Å². The standard InChI is InChI=1S/C15H12N4O2/c20-15(21)13-8-6-11(7-9-13)10-19-14(16-17-18-19)12-4-2-1-3-5-12/h1-9H,10H2,(H,20,21). The van der Waals surface area contributed by atoms with Gasteiger partial charge in [-0.15, -0.1) is 5.10 Å². The number of carboxylic acid groups (broad SMARTS) is 1. The van der Waals surface area contributed by atoms with E-state index >= 15 is 0 Å². The smallest absolute Gasteiger partial charge is 0.335 e. The Morgan fingerprint density at radius 3 is 2.43 bits per heavy atom. The number of carboxylic acids is 1. The Balaban J connectivity index is 1.86. The number of tetrazole rings is 1. The van der Waals surface area contributed by atoms with Gasteiger partial charge in [-0.2, -0.15) is 0 Å². The summed E-state index contributed by atoms with van der Waals surface area (Å²) in [6.07, 6.45) is 0. The van der Waals surface area contributed by atoms with Crippen LogP contribution in [0.2, 0.25) is 0 Å². The molecular formula is C15H12N4O2. The van der Waals surface area contributed by atoms with E-state index in [2.05, 4.69) is 15.5 Å². The van der Waals surface area contributed by atoms with Crippen molar-refractivity contribution in [1.82, 2.24) is 20.2 Å². The molecule has 0 radical (unpaired) electrons. The second kappa shape index (κ2) is 5.54. The first-order valence-electron chi connectivity index (χ1n) is 6.38. The van der Waals surface area contributed by atoms with Crippen LogP contribution in [0.3, 0.4) is 0 Å². The summed E-state index contributed by atoms with van der Waals surface area (Å²) in [5.41, 5.74) is 2.13. The van der Waals surface area contributed by atoms with Crippen LogP contribution in [0.15, 0.2) is 54.6 Å². The van der Waals surface area contributed by atoms with Crippen LogP contribution >= 0.6 is 0 Å². The van der Waals surface area contributed by atoms with Gasteiger partial charge in [-0.25, -0.2) is 9.48 Å². The number of hydrogen-bond donors (Lipinski definition) is 1. The molecule has 0 aliphatic heterocycles. The molecule has 6 heteroatoms. The highest BCUT2D eigenvalue weighted by atomic mass is 16.4. The van der Waals surface area contributed by atoms with Crippen molar-refractivity contribution in [3.05, 3.63) is 65.7 Å². The number of hydrogen-bond acceptors (Lipinski definition) is 4. The molecule has 0 fully saturated rings. The Kier molecular flexibility index (Phi) is 3.42. The van der Waals surface area contributed by atoms with E-state index in [0.29, 0.717) is 12.4 Å². The Bertz CT molecular complexity index is 751. The van der Waals surface area contributed by atoms with Gasteiger partial charge >= 0.3 is 5.97 Å². The molecule has 0 bridgehead atoms. The zero-order valence-electron chi connectivity index (χ0n) is 11.0. The van der Waals surface area contributed by atoms with Gasteiger partial charge in [0.05, 0.1) is 12.1 Å². The van der Waals surface area contributed by atoms with E-state index in [1.165, 1.54) is 0 Å². The number of benzene rings is 2. The highest BCUT2D eigenvalue weighted by Gasteiger charge is 2.09. The fourth-order valence-corrected chi connectivity index (χ4v) is 2.03. The molecular weight excluding hydrogens is 268 g/mol. The van der Waals surface area contributed by atoms with E-state index in [1.54, 1.807) is 28.9 Å². The molecule has 0 saturated carbocycles. The third-order valence-electron chi connectivity index (χ3n) is 3.10. The van der Waals surface area contributed by atoms with Crippen molar-refractivity contribution in [2.75, 3.05) is 0 Å². The summed E-state index contributed by atoms with van der Waals surface area (Å²) in [6, 6.07) is 16.3. The maximum atomic E-state index is 10.8. The minimum Gasteiger partial charge on any atom is -0.478 e. The second-order valence-electron chi connectivity index (χ2n) is 4.53. The summed E-state index contributed by atoms with van der Waals surface area (Å²) in [5, 5.41) is 20.6. The third kappa shape index (κ3) is 2.79. The molecule has 0 amide bonds. The van der Waals surface area contributed by atoms with Gasteiger partial charge in [-0.05, 0) is 28.1 Å². The van der Waals surface area contributed by atoms with E-state index in [-0.39, 0.29) is 5.56 Å². The van der Waals surface area contributed by atoms with Crippen molar-refractivity contribution in [1.29, 1.82) is 0 Å². The first-order valence-corrected chi connectivity index (χ1v) is 6.38. The molecule has 1 aromatic heterocycles.